The Bertz CT molecular complexity index is 640. The summed E-state index contributed by atoms with van der Waals surface area (Å²) in [5.74, 6) is 0.106. The van der Waals surface area contributed by atoms with E-state index in [0.29, 0.717) is 5.75 Å². The second-order valence-corrected chi connectivity index (χ2v) is 4.69. The molecule has 0 aliphatic carbocycles. The molecule has 0 unspecified atom stereocenters. The first-order valence-corrected chi connectivity index (χ1v) is 6.54. The van der Waals surface area contributed by atoms with Gasteiger partial charge < -0.3 is 14.8 Å². The van der Waals surface area contributed by atoms with Gasteiger partial charge in [0.15, 0.2) is 0 Å². The molecule has 21 heavy (non-hydrogen) atoms. The molecule has 2 rings (SSSR count). The Morgan fingerprint density at radius 2 is 2.00 bits per heavy atom. The fourth-order valence-electron chi connectivity index (χ4n) is 1.50. The van der Waals surface area contributed by atoms with Crippen molar-refractivity contribution in [3.63, 3.8) is 0 Å². The van der Waals surface area contributed by atoms with Crippen molar-refractivity contribution in [1.82, 2.24) is 15.0 Å². The van der Waals surface area contributed by atoms with Crippen molar-refractivity contribution in [3.8, 4) is 11.8 Å². The van der Waals surface area contributed by atoms with Crippen LogP contribution in [0, 0.1) is 5.82 Å². The third kappa shape index (κ3) is 4.16. The smallest absolute Gasteiger partial charge is 0.322 e. The maximum atomic E-state index is 13.7. The van der Waals surface area contributed by atoms with Crippen LogP contribution >= 0.6 is 11.6 Å². The van der Waals surface area contributed by atoms with Gasteiger partial charge in [-0.3, -0.25) is 0 Å². The first-order valence-electron chi connectivity index (χ1n) is 6.16. The lowest BCUT2D eigenvalue weighted by Crippen LogP contribution is -2.10. The number of hydrogen-bond donors (Lipinski definition) is 1. The number of benzene rings is 1. The molecule has 1 aromatic heterocycles. The van der Waals surface area contributed by atoms with Crippen molar-refractivity contribution in [2.45, 2.75) is 20.0 Å². The first kappa shape index (κ1) is 15.2. The fraction of sp³-hybridized carbons (Fsp3) is 0.308. The summed E-state index contributed by atoms with van der Waals surface area (Å²) in [6, 6.07) is 4.33. The summed E-state index contributed by atoms with van der Waals surface area (Å²) in [5, 5.41) is 2.67. The molecule has 0 spiro atoms. The van der Waals surface area contributed by atoms with Crippen LogP contribution in [0.15, 0.2) is 18.2 Å². The molecule has 0 amide bonds. The molecule has 0 bridgehead atoms. The van der Waals surface area contributed by atoms with Gasteiger partial charge in [0.2, 0.25) is 11.2 Å². The number of nitrogens with one attached hydrogen (secondary N) is 1. The van der Waals surface area contributed by atoms with Crippen molar-refractivity contribution in [2.75, 3.05) is 12.4 Å². The van der Waals surface area contributed by atoms with Crippen LogP contribution < -0.4 is 14.8 Å². The van der Waals surface area contributed by atoms with E-state index in [-0.39, 0.29) is 29.0 Å². The number of ether oxygens (including phenoxy) is 2. The van der Waals surface area contributed by atoms with Crippen LogP contribution in [0.3, 0.4) is 0 Å². The Balaban J connectivity index is 2.28. The summed E-state index contributed by atoms with van der Waals surface area (Å²) in [7, 11) is 1.49. The van der Waals surface area contributed by atoms with Gasteiger partial charge in [0.25, 0.3) is 0 Å². The standard InChI is InChI=1S/C13H14ClFN4O2/c1-7(2)21-13-18-11(14)17-12(19-13)16-10-6-8(20-3)4-5-9(10)15/h4-7H,1-3H3,(H,16,17,18,19). The first-order chi connectivity index (χ1) is 9.97. The third-order valence-electron chi connectivity index (χ3n) is 2.35. The average Bonchev–Trinajstić information content (AvgIpc) is 2.39. The van der Waals surface area contributed by atoms with Crippen molar-refractivity contribution < 1.29 is 13.9 Å². The van der Waals surface area contributed by atoms with Crippen LogP contribution in [0.2, 0.25) is 5.28 Å². The molecule has 0 atom stereocenters. The Hall–Kier alpha value is -2.15. The highest BCUT2D eigenvalue weighted by Crippen LogP contribution is 2.24. The van der Waals surface area contributed by atoms with Gasteiger partial charge in [0, 0.05) is 6.07 Å². The number of rotatable bonds is 5. The van der Waals surface area contributed by atoms with Crippen LogP contribution in [0.4, 0.5) is 16.0 Å². The van der Waals surface area contributed by atoms with Crippen LogP contribution in [-0.2, 0) is 0 Å². The summed E-state index contributed by atoms with van der Waals surface area (Å²) in [6.07, 6.45) is -0.120. The summed E-state index contributed by atoms with van der Waals surface area (Å²) < 4.78 is 24.1. The van der Waals surface area contributed by atoms with Gasteiger partial charge in [-0.15, -0.1) is 0 Å². The summed E-state index contributed by atoms with van der Waals surface area (Å²) in [4.78, 5) is 11.7. The van der Waals surface area contributed by atoms with Crippen LogP contribution in [0.1, 0.15) is 13.8 Å². The Morgan fingerprint density at radius 1 is 1.24 bits per heavy atom. The maximum absolute atomic E-state index is 13.7. The van der Waals surface area contributed by atoms with E-state index in [1.165, 1.54) is 25.3 Å². The minimum absolute atomic E-state index is 0.0496. The van der Waals surface area contributed by atoms with Gasteiger partial charge in [-0.1, -0.05) is 0 Å². The predicted molar refractivity (Wildman–Crippen MR) is 76.8 cm³/mol. The number of halogens is 2. The number of anilines is 2. The second-order valence-electron chi connectivity index (χ2n) is 4.35. The highest BCUT2D eigenvalue weighted by Gasteiger charge is 2.10. The summed E-state index contributed by atoms with van der Waals surface area (Å²) in [5.41, 5.74) is 0.159. The molecule has 0 saturated carbocycles. The van der Waals surface area contributed by atoms with Gasteiger partial charge in [0.05, 0.1) is 18.9 Å². The molecule has 8 heteroatoms. The van der Waals surface area contributed by atoms with Crippen molar-refractivity contribution in [2.24, 2.45) is 0 Å². The second kappa shape index (κ2) is 6.53. The molecular formula is C13H14ClFN4O2. The Kier molecular flexibility index (Phi) is 4.74. The molecule has 1 aromatic carbocycles. The van der Waals surface area contributed by atoms with E-state index in [4.69, 9.17) is 21.1 Å². The van der Waals surface area contributed by atoms with Gasteiger partial charge >= 0.3 is 6.01 Å². The van der Waals surface area contributed by atoms with Gasteiger partial charge in [-0.05, 0) is 37.6 Å². The normalized spacial score (nSPS) is 10.6. The SMILES string of the molecule is COc1ccc(F)c(Nc2nc(Cl)nc(OC(C)C)n2)c1. The number of hydrogen-bond acceptors (Lipinski definition) is 6. The minimum Gasteiger partial charge on any atom is -0.497 e. The van der Waals surface area contributed by atoms with Gasteiger partial charge in [-0.2, -0.15) is 15.0 Å². The largest absolute Gasteiger partial charge is 0.497 e. The molecule has 112 valence electrons. The predicted octanol–water partition coefficient (Wildman–Crippen LogP) is 3.20. The van der Waals surface area contributed by atoms with Crippen molar-refractivity contribution in [1.29, 1.82) is 0 Å². The molecule has 6 nitrogen and oxygen atoms in total. The molecule has 0 saturated heterocycles. The topological polar surface area (TPSA) is 69.2 Å². The van der Waals surface area contributed by atoms with Crippen LogP contribution in [0.5, 0.6) is 11.8 Å². The molecule has 1 heterocycles. The van der Waals surface area contributed by atoms with E-state index < -0.39 is 5.82 Å². The van der Waals surface area contributed by atoms with Gasteiger partial charge in [0.1, 0.15) is 11.6 Å². The number of methoxy groups -OCH3 is 1. The third-order valence-corrected chi connectivity index (χ3v) is 2.52. The number of aromatic nitrogens is 3. The Morgan fingerprint density at radius 3 is 2.67 bits per heavy atom. The van der Waals surface area contributed by atoms with Gasteiger partial charge in [-0.25, -0.2) is 4.39 Å². The Labute approximate surface area is 126 Å². The van der Waals surface area contributed by atoms with E-state index in [0.717, 1.165) is 0 Å². The van der Waals surface area contributed by atoms with Crippen LogP contribution in [-0.4, -0.2) is 28.2 Å². The molecule has 1 N–H and O–H groups in total. The summed E-state index contributed by atoms with van der Waals surface area (Å²) in [6.45, 7) is 3.65. The molecule has 0 aliphatic rings. The van der Waals surface area contributed by atoms with Crippen molar-refractivity contribution in [3.05, 3.63) is 29.3 Å². The highest BCUT2D eigenvalue weighted by molar-refractivity contribution is 6.28. The summed E-state index contributed by atoms with van der Waals surface area (Å²) >= 11 is 5.80. The molecule has 0 radical (unpaired) electrons. The highest BCUT2D eigenvalue weighted by atomic mass is 35.5. The fourth-order valence-corrected chi connectivity index (χ4v) is 1.65. The van der Waals surface area contributed by atoms with Crippen LogP contribution in [0.25, 0.3) is 0 Å². The van der Waals surface area contributed by atoms with E-state index in [2.05, 4.69) is 20.3 Å². The number of nitrogens with zero attached hydrogens (tertiary/aromatic N) is 3. The zero-order valence-corrected chi connectivity index (χ0v) is 12.5. The monoisotopic (exact) mass is 312 g/mol. The zero-order chi connectivity index (χ0) is 15.4. The van der Waals surface area contributed by atoms with E-state index in [9.17, 15) is 4.39 Å². The molecule has 2 aromatic rings. The molecule has 0 fully saturated rings. The average molecular weight is 313 g/mol. The molecular weight excluding hydrogens is 299 g/mol. The van der Waals surface area contributed by atoms with E-state index >= 15 is 0 Å². The quantitative estimate of drug-likeness (QED) is 0.914. The molecule has 0 aliphatic heterocycles. The lowest BCUT2D eigenvalue weighted by molar-refractivity contribution is 0.222. The van der Waals surface area contributed by atoms with E-state index in [1.807, 2.05) is 13.8 Å². The minimum atomic E-state index is -0.473. The maximum Gasteiger partial charge on any atom is 0.322 e. The lowest BCUT2D eigenvalue weighted by Gasteiger charge is -2.11. The van der Waals surface area contributed by atoms with Crippen molar-refractivity contribution >= 4 is 23.2 Å². The van der Waals surface area contributed by atoms with E-state index in [1.54, 1.807) is 0 Å². The lowest BCUT2D eigenvalue weighted by atomic mass is 10.3. The zero-order valence-electron chi connectivity index (χ0n) is 11.7.